The van der Waals surface area contributed by atoms with Gasteiger partial charge < -0.3 is 10.4 Å². The minimum atomic E-state index is 0.308. The van der Waals surface area contributed by atoms with Crippen LogP contribution in [0.3, 0.4) is 0 Å². The van der Waals surface area contributed by atoms with E-state index in [0.29, 0.717) is 17.8 Å². The third-order valence-corrected chi connectivity index (χ3v) is 3.74. The van der Waals surface area contributed by atoms with Gasteiger partial charge in [-0.15, -0.1) is 0 Å². The summed E-state index contributed by atoms with van der Waals surface area (Å²) in [5, 5.41) is 13.0. The fourth-order valence-electron chi connectivity index (χ4n) is 2.36. The van der Waals surface area contributed by atoms with Crippen LogP contribution in [0.2, 0.25) is 0 Å². The molecule has 0 bridgehead atoms. The van der Waals surface area contributed by atoms with Gasteiger partial charge in [0.25, 0.3) is 0 Å². The average molecular weight is 219 g/mol. The lowest BCUT2D eigenvalue weighted by molar-refractivity contribution is 0.229. The molecule has 16 heavy (non-hydrogen) atoms. The highest BCUT2D eigenvalue weighted by Crippen LogP contribution is 2.30. The summed E-state index contributed by atoms with van der Waals surface area (Å²) in [6.45, 7) is 4.42. The number of hydrogen-bond acceptors (Lipinski definition) is 2. The Labute approximate surface area is 97.7 Å². The van der Waals surface area contributed by atoms with Gasteiger partial charge in [0.2, 0.25) is 0 Å². The van der Waals surface area contributed by atoms with Gasteiger partial charge >= 0.3 is 0 Å². The molecule has 2 N–H and O–H groups in total. The molecule has 1 fully saturated rings. The maximum Gasteiger partial charge on any atom is 0.115 e. The monoisotopic (exact) mass is 219 g/mol. The van der Waals surface area contributed by atoms with Crippen molar-refractivity contribution in [1.29, 1.82) is 0 Å². The van der Waals surface area contributed by atoms with Crippen LogP contribution in [0.5, 0.6) is 5.75 Å². The maximum absolute atomic E-state index is 9.43. The van der Waals surface area contributed by atoms with Gasteiger partial charge in [-0.25, -0.2) is 0 Å². The number of aromatic hydroxyl groups is 1. The van der Waals surface area contributed by atoms with Crippen molar-refractivity contribution in [2.45, 2.75) is 45.2 Å². The standard InChI is InChI=1S/C14H21NO/c1-10(12-5-3-6-12)15-11(2)13-7-4-8-14(16)9-13/h4,7-12,15-16H,3,5-6H2,1-2H3. The molecular formula is C14H21NO. The highest BCUT2D eigenvalue weighted by molar-refractivity contribution is 5.29. The maximum atomic E-state index is 9.43. The van der Waals surface area contributed by atoms with E-state index in [1.54, 1.807) is 6.07 Å². The summed E-state index contributed by atoms with van der Waals surface area (Å²) in [5.74, 6) is 1.20. The van der Waals surface area contributed by atoms with E-state index in [1.165, 1.54) is 19.3 Å². The first-order valence-corrected chi connectivity index (χ1v) is 6.22. The van der Waals surface area contributed by atoms with Crippen LogP contribution >= 0.6 is 0 Å². The number of benzene rings is 1. The van der Waals surface area contributed by atoms with E-state index in [-0.39, 0.29) is 0 Å². The second-order valence-electron chi connectivity index (χ2n) is 4.96. The molecule has 0 heterocycles. The molecule has 1 saturated carbocycles. The van der Waals surface area contributed by atoms with Gasteiger partial charge in [-0.2, -0.15) is 0 Å². The lowest BCUT2D eigenvalue weighted by Crippen LogP contribution is -2.38. The smallest absolute Gasteiger partial charge is 0.115 e. The fourth-order valence-corrected chi connectivity index (χ4v) is 2.36. The summed E-state index contributed by atoms with van der Waals surface area (Å²) < 4.78 is 0. The van der Waals surface area contributed by atoms with E-state index >= 15 is 0 Å². The molecule has 1 aromatic carbocycles. The Balaban J connectivity index is 1.93. The Morgan fingerprint density at radius 1 is 1.31 bits per heavy atom. The summed E-state index contributed by atoms with van der Waals surface area (Å²) >= 11 is 0. The van der Waals surface area contributed by atoms with Crippen molar-refractivity contribution in [3.8, 4) is 5.75 Å². The Hall–Kier alpha value is -1.02. The Morgan fingerprint density at radius 3 is 2.62 bits per heavy atom. The molecule has 0 spiro atoms. The van der Waals surface area contributed by atoms with E-state index in [1.807, 2.05) is 12.1 Å². The summed E-state index contributed by atoms with van der Waals surface area (Å²) in [4.78, 5) is 0. The molecule has 2 atom stereocenters. The third kappa shape index (κ3) is 2.56. The highest BCUT2D eigenvalue weighted by atomic mass is 16.3. The van der Waals surface area contributed by atoms with E-state index in [2.05, 4.69) is 25.2 Å². The Morgan fingerprint density at radius 2 is 2.06 bits per heavy atom. The summed E-state index contributed by atoms with van der Waals surface area (Å²) in [7, 11) is 0. The van der Waals surface area contributed by atoms with Crippen LogP contribution in [0, 0.1) is 5.92 Å². The first kappa shape index (κ1) is 11.5. The van der Waals surface area contributed by atoms with Crippen LogP contribution in [-0.4, -0.2) is 11.1 Å². The molecule has 1 aliphatic rings. The number of hydrogen-bond donors (Lipinski definition) is 2. The minimum absolute atomic E-state index is 0.308. The quantitative estimate of drug-likeness (QED) is 0.815. The van der Waals surface area contributed by atoms with Crippen molar-refractivity contribution in [2.24, 2.45) is 5.92 Å². The third-order valence-electron chi connectivity index (χ3n) is 3.74. The first-order valence-electron chi connectivity index (χ1n) is 6.22. The first-order chi connectivity index (χ1) is 7.66. The van der Waals surface area contributed by atoms with Crippen LogP contribution in [0.1, 0.15) is 44.7 Å². The Bertz CT molecular complexity index is 346. The van der Waals surface area contributed by atoms with Gasteiger partial charge in [0.1, 0.15) is 5.75 Å². The van der Waals surface area contributed by atoms with Crippen LogP contribution in [0.15, 0.2) is 24.3 Å². The van der Waals surface area contributed by atoms with Crippen LogP contribution in [-0.2, 0) is 0 Å². The molecule has 2 heteroatoms. The van der Waals surface area contributed by atoms with Gasteiger partial charge in [-0.3, -0.25) is 0 Å². The molecule has 0 aliphatic heterocycles. The zero-order valence-electron chi connectivity index (χ0n) is 10.1. The van der Waals surface area contributed by atoms with Gasteiger partial charge in [-0.05, 0) is 50.3 Å². The second-order valence-corrected chi connectivity index (χ2v) is 4.96. The van der Waals surface area contributed by atoms with Crippen LogP contribution < -0.4 is 5.32 Å². The van der Waals surface area contributed by atoms with Crippen molar-refractivity contribution in [3.05, 3.63) is 29.8 Å². The molecule has 88 valence electrons. The van der Waals surface area contributed by atoms with Crippen LogP contribution in [0.25, 0.3) is 0 Å². The van der Waals surface area contributed by atoms with Crippen molar-refractivity contribution in [2.75, 3.05) is 0 Å². The summed E-state index contributed by atoms with van der Waals surface area (Å²) in [6, 6.07) is 8.40. The van der Waals surface area contributed by atoms with Crippen molar-refractivity contribution >= 4 is 0 Å². The average Bonchev–Trinajstić information content (AvgIpc) is 2.14. The topological polar surface area (TPSA) is 32.3 Å². The van der Waals surface area contributed by atoms with Gasteiger partial charge in [0.05, 0.1) is 0 Å². The fraction of sp³-hybridized carbons (Fsp3) is 0.571. The van der Waals surface area contributed by atoms with Crippen molar-refractivity contribution < 1.29 is 5.11 Å². The molecule has 0 saturated heterocycles. The second kappa shape index (κ2) is 4.88. The summed E-state index contributed by atoms with van der Waals surface area (Å²) in [6.07, 6.45) is 4.11. The number of phenols is 1. The van der Waals surface area contributed by atoms with Gasteiger partial charge in [0, 0.05) is 12.1 Å². The molecule has 2 nitrogen and oxygen atoms in total. The molecule has 1 aliphatic carbocycles. The largest absolute Gasteiger partial charge is 0.508 e. The van der Waals surface area contributed by atoms with E-state index in [0.717, 1.165) is 11.5 Å². The Kier molecular flexibility index (Phi) is 3.49. The van der Waals surface area contributed by atoms with Crippen molar-refractivity contribution in [3.63, 3.8) is 0 Å². The minimum Gasteiger partial charge on any atom is -0.508 e. The molecule has 1 aromatic rings. The summed E-state index contributed by atoms with van der Waals surface area (Å²) in [5.41, 5.74) is 1.16. The van der Waals surface area contributed by atoms with Crippen LogP contribution in [0.4, 0.5) is 0 Å². The number of nitrogens with one attached hydrogen (secondary N) is 1. The lowest BCUT2D eigenvalue weighted by atomic mass is 9.80. The molecule has 0 aromatic heterocycles. The molecule has 2 unspecified atom stereocenters. The van der Waals surface area contributed by atoms with E-state index in [9.17, 15) is 5.11 Å². The molecule has 2 rings (SSSR count). The van der Waals surface area contributed by atoms with Gasteiger partial charge in [-0.1, -0.05) is 18.6 Å². The van der Waals surface area contributed by atoms with Crippen molar-refractivity contribution in [1.82, 2.24) is 5.32 Å². The van der Waals surface area contributed by atoms with Gasteiger partial charge in [0.15, 0.2) is 0 Å². The zero-order valence-corrected chi connectivity index (χ0v) is 10.1. The molecule has 0 amide bonds. The predicted octanol–water partition coefficient (Wildman–Crippen LogP) is 3.23. The SMILES string of the molecule is CC(NC(C)C1CCC1)c1cccc(O)c1. The highest BCUT2D eigenvalue weighted by Gasteiger charge is 2.24. The van der Waals surface area contributed by atoms with E-state index < -0.39 is 0 Å². The number of rotatable bonds is 4. The number of phenolic OH excluding ortho intramolecular Hbond substituents is 1. The normalized spacial score (nSPS) is 20.1. The molecular weight excluding hydrogens is 198 g/mol. The molecule has 0 radical (unpaired) electrons. The van der Waals surface area contributed by atoms with E-state index in [4.69, 9.17) is 0 Å². The zero-order chi connectivity index (χ0) is 11.5. The predicted molar refractivity (Wildman–Crippen MR) is 66.5 cm³/mol. The lowest BCUT2D eigenvalue weighted by Gasteiger charge is -2.34.